The molecule has 2 heterocycles. The zero-order chi connectivity index (χ0) is 20.3. The number of amides is 1. The maximum absolute atomic E-state index is 12.6. The van der Waals surface area contributed by atoms with E-state index in [4.69, 9.17) is 4.74 Å². The maximum atomic E-state index is 12.6. The van der Waals surface area contributed by atoms with E-state index in [9.17, 15) is 9.59 Å². The Hall–Kier alpha value is -3.22. The van der Waals surface area contributed by atoms with Crippen molar-refractivity contribution in [1.29, 1.82) is 0 Å². The van der Waals surface area contributed by atoms with Gasteiger partial charge in [0.05, 0.1) is 12.3 Å². The number of benzene rings is 1. The molecule has 1 N–H and O–H groups in total. The number of aryl methyl sites for hydroxylation is 1. The summed E-state index contributed by atoms with van der Waals surface area (Å²) in [5.41, 5.74) is 4.46. The predicted octanol–water partition coefficient (Wildman–Crippen LogP) is 3.12. The number of ether oxygens (including phenoxy) is 1. The van der Waals surface area contributed by atoms with E-state index in [1.807, 2.05) is 51.1 Å². The summed E-state index contributed by atoms with van der Waals surface area (Å²) >= 11 is 0. The molecule has 28 heavy (non-hydrogen) atoms. The van der Waals surface area contributed by atoms with Crippen LogP contribution in [0.4, 0.5) is 0 Å². The molecule has 0 saturated heterocycles. The van der Waals surface area contributed by atoms with Crippen molar-refractivity contribution in [2.24, 2.45) is 0 Å². The van der Waals surface area contributed by atoms with Gasteiger partial charge in [0, 0.05) is 11.3 Å². The molecular weight excluding hydrogens is 356 g/mol. The third-order valence-electron chi connectivity index (χ3n) is 4.38. The minimum Gasteiger partial charge on any atom is -0.465 e. The van der Waals surface area contributed by atoms with Crippen molar-refractivity contribution in [3.8, 4) is 11.1 Å². The van der Waals surface area contributed by atoms with Crippen LogP contribution in [0, 0.1) is 6.92 Å². The van der Waals surface area contributed by atoms with Gasteiger partial charge in [-0.3, -0.25) is 9.59 Å². The lowest BCUT2D eigenvalue weighted by molar-refractivity contribution is -0.141. The van der Waals surface area contributed by atoms with E-state index in [1.165, 1.54) is 0 Å². The van der Waals surface area contributed by atoms with Crippen LogP contribution in [0.1, 0.15) is 48.6 Å². The van der Waals surface area contributed by atoms with Crippen LogP contribution in [0.25, 0.3) is 16.8 Å². The second-order valence-electron chi connectivity index (χ2n) is 6.77. The summed E-state index contributed by atoms with van der Waals surface area (Å²) < 4.78 is 6.65. The molecule has 0 aliphatic rings. The van der Waals surface area contributed by atoms with E-state index in [0.29, 0.717) is 5.65 Å². The van der Waals surface area contributed by atoms with Crippen molar-refractivity contribution >= 4 is 17.5 Å². The number of esters is 1. The molecule has 3 aromatic rings. The molecule has 7 nitrogen and oxygen atoms in total. The summed E-state index contributed by atoms with van der Waals surface area (Å²) in [5.74, 6) is -0.772. The Labute approximate surface area is 163 Å². The van der Waals surface area contributed by atoms with E-state index in [2.05, 4.69) is 15.4 Å². The van der Waals surface area contributed by atoms with E-state index in [0.717, 1.165) is 22.5 Å². The molecule has 7 heteroatoms. The van der Waals surface area contributed by atoms with Gasteiger partial charge in [-0.1, -0.05) is 44.2 Å². The summed E-state index contributed by atoms with van der Waals surface area (Å²) in [5, 5.41) is 7.23. The van der Waals surface area contributed by atoms with Crippen LogP contribution < -0.4 is 5.32 Å². The second-order valence-corrected chi connectivity index (χ2v) is 6.77. The van der Waals surface area contributed by atoms with Crippen LogP contribution in [-0.4, -0.2) is 39.6 Å². The average molecular weight is 380 g/mol. The molecular formula is C21H24N4O3. The number of nitrogens with zero attached hydrogens (tertiary/aromatic N) is 3. The highest BCUT2D eigenvalue weighted by molar-refractivity contribution is 5.95. The SMILES string of the molecule is CCOC(=O)CNC(=O)c1cc(C(C)C)n2nc(C)c(-c3ccccc3)c2n1. The maximum Gasteiger partial charge on any atom is 0.325 e. The van der Waals surface area contributed by atoms with Gasteiger partial charge in [-0.25, -0.2) is 9.50 Å². The Morgan fingerprint density at radius 1 is 1.21 bits per heavy atom. The molecule has 0 unspecified atom stereocenters. The first-order valence-electron chi connectivity index (χ1n) is 9.31. The molecule has 0 aliphatic heterocycles. The molecule has 1 amide bonds. The Kier molecular flexibility index (Phi) is 5.73. The summed E-state index contributed by atoms with van der Waals surface area (Å²) in [6.07, 6.45) is 0. The quantitative estimate of drug-likeness (QED) is 0.664. The van der Waals surface area contributed by atoms with E-state index in [1.54, 1.807) is 17.5 Å². The van der Waals surface area contributed by atoms with Gasteiger partial charge >= 0.3 is 5.97 Å². The number of fused-ring (bicyclic) bond motifs is 1. The highest BCUT2D eigenvalue weighted by Gasteiger charge is 2.20. The largest absolute Gasteiger partial charge is 0.465 e. The van der Waals surface area contributed by atoms with Crippen LogP contribution in [-0.2, 0) is 9.53 Å². The number of carbonyl (C=O) groups is 2. The molecule has 146 valence electrons. The summed E-state index contributed by atoms with van der Waals surface area (Å²) in [6, 6.07) is 11.6. The standard InChI is InChI=1S/C21H24N4O3/c1-5-28-18(26)12-22-21(27)16-11-17(13(2)3)25-20(23-16)19(14(4)24-25)15-9-7-6-8-10-15/h6-11,13H,5,12H2,1-4H3,(H,22,27). The van der Waals surface area contributed by atoms with Gasteiger partial charge in [0.2, 0.25) is 0 Å². The molecule has 0 atom stereocenters. The number of carbonyl (C=O) groups excluding carboxylic acids is 2. The summed E-state index contributed by atoms with van der Waals surface area (Å²) in [4.78, 5) is 28.7. The summed E-state index contributed by atoms with van der Waals surface area (Å²) in [6.45, 7) is 7.80. The molecule has 0 saturated carbocycles. The van der Waals surface area contributed by atoms with Crippen molar-refractivity contribution in [1.82, 2.24) is 19.9 Å². The molecule has 0 fully saturated rings. The third kappa shape index (κ3) is 3.88. The Morgan fingerprint density at radius 2 is 1.93 bits per heavy atom. The van der Waals surface area contributed by atoms with Crippen molar-refractivity contribution < 1.29 is 14.3 Å². The Morgan fingerprint density at radius 3 is 2.57 bits per heavy atom. The minimum absolute atomic E-state index is 0.130. The second kappa shape index (κ2) is 8.21. The van der Waals surface area contributed by atoms with E-state index >= 15 is 0 Å². The lowest BCUT2D eigenvalue weighted by Gasteiger charge is -2.11. The third-order valence-corrected chi connectivity index (χ3v) is 4.38. The van der Waals surface area contributed by atoms with Crippen LogP contribution in [0.5, 0.6) is 0 Å². The first-order chi connectivity index (χ1) is 13.4. The molecule has 2 aromatic heterocycles. The van der Waals surface area contributed by atoms with Gasteiger partial charge in [0.25, 0.3) is 5.91 Å². The molecule has 1 aromatic carbocycles. The van der Waals surface area contributed by atoms with Crippen molar-refractivity contribution in [3.63, 3.8) is 0 Å². The first-order valence-corrected chi connectivity index (χ1v) is 9.31. The number of nitrogens with one attached hydrogen (secondary N) is 1. The van der Waals surface area contributed by atoms with Crippen LogP contribution >= 0.6 is 0 Å². The fraction of sp³-hybridized carbons (Fsp3) is 0.333. The number of rotatable bonds is 6. The van der Waals surface area contributed by atoms with Gasteiger partial charge < -0.3 is 10.1 Å². The van der Waals surface area contributed by atoms with Crippen LogP contribution in [0.15, 0.2) is 36.4 Å². The van der Waals surface area contributed by atoms with Crippen molar-refractivity contribution in [3.05, 3.63) is 53.5 Å². The first kappa shape index (κ1) is 19.5. The number of aromatic nitrogens is 3. The number of hydrogen-bond acceptors (Lipinski definition) is 5. The Balaban J connectivity index is 2.07. The zero-order valence-electron chi connectivity index (χ0n) is 16.5. The minimum atomic E-state index is -0.480. The van der Waals surface area contributed by atoms with Gasteiger partial charge in [0.15, 0.2) is 5.65 Å². The lowest BCUT2D eigenvalue weighted by Crippen LogP contribution is -2.31. The van der Waals surface area contributed by atoms with E-state index in [-0.39, 0.29) is 24.8 Å². The lowest BCUT2D eigenvalue weighted by atomic mass is 10.1. The molecule has 0 bridgehead atoms. The number of hydrogen-bond donors (Lipinski definition) is 1. The van der Waals surface area contributed by atoms with E-state index < -0.39 is 11.9 Å². The molecule has 3 rings (SSSR count). The topological polar surface area (TPSA) is 85.6 Å². The van der Waals surface area contributed by atoms with Crippen molar-refractivity contribution in [2.45, 2.75) is 33.6 Å². The fourth-order valence-electron chi connectivity index (χ4n) is 3.07. The highest BCUT2D eigenvalue weighted by Crippen LogP contribution is 2.29. The monoisotopic (exact) mass is 380 g/mol. The normalized spacial score (nSPS) is 11.0. The summed E-state index contributed by atoms with van der Waals surface area (Å²) in [7, 11) is 0. The fourth-order valence-corrected chi connectivity index (χ4v) is 3.07. The molecule has 0 aliphatic carbocycles. The Bertz CT molecular complexity index is 1010. The highest BCUT2D eigenvalue weighted by atomic mass is 16.5. The molecule has 0 radical (unpaired) electrons. The van der Waals surface area contributed by atoms with Crippen molar-refractivity contribution in [2.75, 3.05) is 13.2 Å². The molecule has 0 spiro atoms. The average Bonchev–Trinajstić information content (AvgIpc) is 3.01. The van der Waals surface area contributed by atoms with Gasteiger partial charge in [-0.2, -0.15) is 5.10 Å². The van der Waals surface area contributed by atoms with Gasteiger partial charge in [-0.05, 0) is 31.4 Å². The van der Waals surface area contributed by atoms with Gasteiger partial charge in [0.1, 0.15) is 12.2 Å². The smallest absolute Gasteiger partial charge is 0.325 e. The zero-order valence-corrected chi connectivity index (χ0v) is 16.5. The van der Waals surface area contributed by atoms with Crippen LogP contribution in [0.2, 0.25) is 0 Å². The predicted molar refractivity (Wildman–Crippen MR) is 106 cm³/mol. The van der Waals surface area contributed by atoms with Gasteiger partial charge in [-0.15, -0.1) is 0 Å². The van der Waals surface area contributed by atoms with Crippen LogP contribution in [0.3, 0.4) is 0 Å².